The zero-order valence-electron chi connectivity index (χ0n) is 10.5. The Balaban J connectivity index is 2.45. The number of pyridine rings is 1. The van der Waals surface area contributed by atoms with Crippen LogP contribution in [0.3, 0.4) is 0 Å². The number of hydrogen-bond acceptors (Lipinski definition) is 3. The van der Waals surface area contributed by atoms with E-state index in [-0.39, 0.29) is 0 Å². The number of methoxy groups -OCH3 is 1. The van der Waals surface area contributed by atoms with Crippen molar-refractivity contribution in [3.05, 3.63) is 18.3 Å². The fraction of sp³-hybridized carbons (Fsp3) is 0.500. The Hall–Kier alpha value is -1.36. The molecule has 0 atom stereocenters. The van der Waals surface area contributed by atoms with E-state index in [1.54, 1.807) is 13.3 Å². The average Bonchev–Trinajstić information content (AvgIpc) is 2.29. The van der Waals surface area contributed by atoms with E-state index in [1.165, 1.54) is 0 Å². The van der Waals surface area contributed by atoms with E-state index >= 15 is 0 Å². The van der Waals surface area contributed by atoms with Crippen LogP contribution >= 0.6 is 12.2 Å². The molecule has 0 unspecified atom stereocenters. The van der Waals surface area contributed by atoms with Crippen LogP contribution in [0.2, 0.25) is 0 Å². The molecular weight excluding hydrogens is 234 g/mol. The van der Waals surface area contributed by atoms with Crippen molar-refractivity contribution < 1.29 is 4.74 Å². The lowest BCUT2D eigenvalue weighted by Crippen LogP contribution is -2.30. The largest absolute Gasteiger partial charge is 0.493 e. The minimum atomic E-state index is 0.572. The van der Waals surface area contributed by atoms with Crippen LogP contribution < -0.4 is 15.4 Å². The molecule has 0 amide bonds. The van der Waals surface area contributed by atoms with Crippen molar-refractivity contribution in [2.75, 3.05) is 19.0 Å². The van der Waals surface area contributed by atoms with Gasteiger partial charge in [-0.15, -0.1) is 0 Å². The van der Waals surface area contributed by atoms with Crippen molar-refractivity contribution in [2.45, 2.75) is 20.3 Å². The minimum absolute atomic E-state index is 0.572. The van der Waals surface area contributed by atoms with E-state index in [2.05, 4.69) is 29.5 Å². The van der Waals surface area contributed by atoms with E-state index < -0.39 is 0 Å². The van der Waals surface area contributed by atoms with Gasteiger partial charge < -0.3 is 15.4 Å². The number of rotatable bonds is 5. The van der Waals surface area contributed by atoms with Crippen molar-refractivity contribution in [1.29, 1.82) is 0 Å². The second kappa shape index (κ2) is 7.06. The van der Waals surface area contributed by atoms with Gasteiger partial charge in [0.15, 0.2) is 16.7 Å². The normalized spacial score (nSPS) is 10.1. The molecule has 1 aromatic heterocycles. The summed E-state index contributed by atoms with van der Waals surface area (Å²) in [5.41, 5.74) is 0. The number of hydrogen-bond donors (Lipinski definition) is 2. The Morgan fingerprint density at radius 2 is 2.29 bits per heavy atom. The lowest BCUT2D eigenvalue weighted by atomic mass is 10.1. The van der Waals surface area contributed by atoms with Crippen molar-refractivity contribution >= 4 is 23.1 Å². The minimum Gasteiger partial charge on any atom is -0.493 e. The van der Waals surface area contributed by atoms with Gasteiger partial charge in [0.25, 0.3) is 0 Å². The molecule has 1 rings (SSSR count). The third-order valence-electron chi connectivity index (χ3n) is 2.23. The molecule has 0 aliphatic carbocycles. The summed E-state index contributed by atoms with van der Waals surface area (Å²) in [6.45, 7) is 5.22. The van der Waals surface area contributed by atoms with E-state index in [1.807, 2.05) is 12.1 Å². The zero-order chi connectivity index (χ0) is 12.7. The van der Waals surface area contributed by atoms with Gasteiger partial charge >= 0.3 is 0 Å². The lowest BCUT2D eigenvalue weighted by molar-refractivity contribution is 0.415. The van der Waals surface area contributed by atoms with Crippen molar-refractivity contribution in [3.8, 4) is 5.75 Å². The molecular formula is C12H19N3OS. The maximum absolute atomic E-state index is 5.18. The maximum Gasteiger partial charge on any atom is 0.174 e. The second-order valence-electron chi connectivity index (χ2n) is 4.12. The van der Waals surface area contributed by atoms with Gasteiger partial charge in [0.1, 0.15) is 0 Å². The molecule has 0 aliphatic heterocycles. The lowest BCUT2D eigenvalue weighted by Gasteiger charge is -2.12. The van der Waals surface area contributed by atoms with Gasteiger partial charge in [0, 0.05) is 12.7 Å². The Bertz CT molecular complexity index is 369. The highest BCUT2D eigenvalue weighted by Crippen LogP contribution is 2.19. The van der Waals surface area contributed by atoms with Gasteiger partial charge in [0.2, 0.25) is 0 Å². The molecule has 4 nitrogen and oxygen atoms in total. The molecule has 0 saturated heterocycles. The molecule has 0 saturated carbocycles. The fourth-order valence-electron chi connectivity index (χ4n) is 1.28. The first-order valence-corrected chi connectivity index (χ1v) is 6.08. The number of aromatic nitrogens is 1. The van der Waals surface area contributed by atoms with Gasteiger partial charge in [-0.1, -0.05) is 13.8 Å². The highest BCUT2D eigenvalue weighted by Gasteiger charge is 2.04. The van der Waals surface area contributed by atoms with Gasteiger partial charge in [-0.2, -0.15) is 0 Å². The number of nitrogens with zero attached hydrogens (tertiary/aromatic N) is 1. The van der Waals surface area contributed by atoms with Crippen LogP contribution in [0.5, 0.6) is 5.75 Å². The predicted molar refractivity (Wildman–Crippen MR) is 74.5 cm³/mol. The summed E-state index contributed by atoms with van der Waals surface area (Å²) in [6, 6.07) is 3.66. The molecule has 0 spiro atoms. The highest BCUT2D eigenvalue weighted by atomic mass is 32.1. The molecule has 5 heteroatoms. The van der Waals surface area contributed by atoms with Crippen LogP contribution in [0.4, 0.5) is 5.82 Å². The van der Waals surface area contributed by atoms with Gasteiger partial charge in [-0.25, -0.2) is 4.98 Å². The van der Waals surface area contributed by atoms with Crippen LogP contribution in [-0.2, 0) is 0 Å². The van der Waals surface area contributed by atoms with Gasteiger partial charge in [-0.3, -0.25) is 0 Å². The average molecular weight is 253 g/mol. The summed E-state index contributed by atoms with van der Waals surface area (Å²) in [4.78, 5) is 4.17. The summed E-state index contributed by atoms with van der Waals surface area (Å²) in [7, 11) is 1.61. The Kier molecular flexibility index (Phi) is 5.69. The van der Waals surface area contributed by atoms with Gasteiger partial charge in [-0.05, 0) is 36.7 Å². The van der Waals surface area contributed by atoms with Crippen LogP contribution in [0.15, 0.2) is 18.3 Å². The molecule has 2 N–H and O–H groups in total. The first-order valence-electron chi connectivity index (χ1n) is 5.67. The topological polar surface area (TPSA) is 46.2 Å². The number of anilines is 1. The summed E-state index contributed by atoms with van der Waals surface area (Å²) in [5, 5.41) is 6.73. The van der Waals surface area contributed by atoms with E-state index in [0.717, 1.165) is 13.0 Å². The van der Waals surface area contributed by atoms with Crippen LogP contribution in [0.1, 0.15) is 20.3 Å². The second-order valence-corrected chi connectivity index (χ2v) is 4.53. The standard InChI is InChI=1S/C12H19N3OS/c1-9(2)6-8-14-12(17)15-11-10(16-3)5-4-7-13-11/h4-5,7,9H,6,8H2,1-3H3,(H2,13,14,15,17). The van der Waals surface area contributed by atoms with E-state index in [0.29, 0.717) is 22.6 Å². The molecule has 0 radical (unpaired) electrons. The third kappa shape index (κ3) is 4.99. The van der Waals surface area contributed by atoms with Crippen molar-refractivity contribution in [1.82, 2.24) is 10.3 Å². The number of thiocarbonyl (C=S) groups is 1. The number of ether oxygens (including phenoxy) is 1. The highest BCUT2D eigenvalue weighted by molar-refractivity contribution is 7.80. The molecule has 17 heavy (non-hydrogen) atoms. The van der Waals surface area contributed by atoms with E-state index in [4.69, 9.17) is 17.0 Å². The molecule has 0 bridgehead atoms. The molecule has 0 aromatic carbocycles. The first kappa shape index (κ1) is 13.7. The third-order valence-corrected chi connectivity index (χ3v) is 2.48. The summed E-state index contributed by atoms with van der Waals surface area (Å²) < 4.78 is 5.18. The Morgan fingerprint density at radius 1 is 1.53 bits per heavy atom. The monoisotopic (exact) mass is 253 g/mol. The SMILES string of the molecule is COc1cccnc1NC(=S)NCCC(C)C. The van der Waals surface area contributed by atoms with Crippen molar-refractivity contribution in [2.24, 2.45) is 5.92 Å². The quantitative estimate of drug-likeness (QED) is 0.789. The summed E-state index contributed by atoms with van der Waals surface area (Å²) in [5.74, 6) is 1.98. The van der Waals surface area contributed by atoms with Crippen LogP contribution in [-0.4, -0.2) is 23.8 Å². The predicted octanol–water partition coefficient (Wildman–Crippen LogP) is 2.42. The smallest absolute Gasteiger partial charge is 0.174 e. The Labute approximate surface area is 108 Å². The summed E-state index contributed by atoms with van der Waals surface area (Å²) >= 11 is 5.18. The fourth-order valence-corrected chi connectivity index (χ4v) is 1.47. The molecule has 1 aromatic rings. The number of nitrogens with one attached hydrogen (secondary N) is 2. The molecule has 0 fully saturated rings. The van der Waals surface area contributed by atoms with Crippen LogP contribution in [0.25, 0.3) is 0 Å². The maximum atomic E-state index is 5.18. The van der Waals surface area contributed by atoms with Crippen LogP contribution in [0, 0.1) is 5.92 Å². The summed E-state index contributed by atoms with van der Waals surface area (Å²) in [6.07, 6.45) is 2.78. The van der Waals surface area contributed by atoms with Gasteiger partial charge in [0.05, 0.1) is 7.11 Å². The zero-order valence-corrected chi connectivity index (χ0v) is 11.3. The van der Waals surface area contributed by atoms with Crippen molar-refractivity contribution in [3.63, 3.8) is 0 Å². The Morgan fingerprint density at radius 3 is 2.94 bits per heavy atom. The molecule has 0 aliphatic rings. The van der Waals surface area contributed by atoms with E-state index in [9.17, 15) is 0 Å². The molecule has 1 heterocycles. The first-order chi connectivity index (χ1) is 8.13. The molecule has 94 valence electrons.